The van der Waals surface area contributed by atoms with Gasteiger partial charge < -0.3 is 20.7 Å². The highest BCUT2D eigenvalue weighted by Gasteiger charge is 2.39. The van der Waals surface area contributed by atoms with Crippen LogP contribution in [0.15, 0.2) is 41.5 Å². The molecule has 2 fully saturated rings. The first kappa shape index (κ1) is 21.9. The van der Waals surface area contributed by atoms with Crippen LogP contribution in [0.1, 0.15) is 37.3 Å². The number of piperidine rings is 1. The van der Waals surface area contributed by atoms with Crippen LogP contribution in [0.25, 0.3) is 5.76 Å². The summed E-state index contributed by atoms with van der Waals surface area (Å²) in [7, 11) is 3.37. The van der Waals surface area contributed by atoms with Gasteiger partial charge in [0, 0.05) is 31.4 Å². The van der Waals surface area contributed by atoms with Crippen LogP contribution in [-0.4, -0.2) is 61.5 Å². The number of aliphatic imine (C=N–C) groups is 1. The van der Waals surface area contributed by atoms with Crippen molar-refractivity contribution >= 4 is 23.3 Å². The van der Waals surface area contributed by atoms with Crippen molar-refractivity contribution in [3.8, 4) is 0 Å². The fraction of sp³-hybridized carbons (Fsp3) is 0.478. The van der Waals surface area contributed by atoms with Crippen molar-refractivity contribution in [2.75, 3.05) is 39.1 Å². The molecule has 0 aliphatic carbocycles. The molecule has 2 bridgehead atoms. The second kappa shape index (κ2) is 9.80. The summed E-state index contributed by atoms with van der Waals surface area (Å²) in [6.45, 7) is 8.52. The van der Waals surface area contributed by atoms with Gasteiger partial charge in [0.25, 0.3) is 0 Å². The molecule has 0 saturated carbocycles. The predicted molar refractivity (Wildman–Crippen MR) is 122 cm³/mol. The lowest BCUT2D eigenvalue weighted by atomic mass is 9.99. The van der Waals surface area contributed by atoms with Gasteiger partial charge in [0.2, 0.25) is 0 Å². The second-order valence-electron chi connectivity index (χ2n) is 7.66. The molecule has 0 radical (unpaired) electrons. The van der Waals surface area contributed by atoms with Crippen LogP contribution in [0, 0.1) is 0 Å². The highest BCUT2D eigenvalue weighted by molar-refractivity contribution is 6.10. The van der Waals surface area contributed by atoms with Crippen molar-refractivity contribution in [3.63, 3.8) is 0 Å². The van der Waals surface area contributed by atoms with Crippen LogP contribution in [0.3, 0.4) is 0 Å². The number of hydrogen-bond donors (Lipinski definition) is 2. The van der Waals surface area contributed by atoms with E-state index in [0.29, 0.717) is 12.4 Å². The molecule has 2 heterocycles. The van der Waals surface area contributed by atoms with Gasteiger partial charge in [0.1, 0.15) is 5.76 Å². The number of piperazine rings is 1. The van der Waals surface area contributed by atoms with E-state index in [4.69, 9.17) is 10.5 Å². The quantitative estimate of drug-likeness (QED) is 0.703. The number of allylic oxidation sites excluding steroid dienone is 1. The predicted octanol–water partition coefficient (Wildman–Crippen LogP) is 3.44. The van der Waals surface area contributed by atoms with Gasteiger partial charge in [-0.2, -0.15) is 0 Å². The Morgan fingerprint density at radius 3 is 2.93 bits per heavy atom. The Labute approximate surface area is 179 Å². The molecule has 3 N–H and O–H groups in total. The van der Waals surface area contributed by atoms with Gasteiger partial charge in [-0.15, -0.1) is 0 Å². The third-order valence-electron chi connectivity index (χ3n) is 5.82. The molecular formula is C23H33N5O2. The van der Waals surface area contributed by atoms with E-state index >= 15 is 0 Å². The minimum atomic E-state index is -0.177. The number of urea groups is 1. The van der Waals surface area contributed by atoms with E-state index in [9.17, 15) is 4.79 Å². The Hall–Kier alpha value is -2.80. The van der Waals surface area contributed by atoms with Gasteiger partial charge in [-0.05, 0) is 62.9 Å². The number of benzene rings is 1. The summed E-state index contributed by atoms with van der Waals surface area (Å²) in [5.74, 6) is 1.43. The van der Waals surface area contributed by atoms with Crippen LogP contribution in [-0.2, 0) is 11.2 Å². The maximum Gasteiger partial charge on any atom is 0.327 e. The number of anilines is 1. The number of aryl methyl sites for hydroxylation is 1. The van der Waals surface area contributed by atoms with Crippen molar-refractivity contribution in [1.82, 2.24) is 9.80 Å². The van der Waals surface area contributed by atoms with E-state index in [1.165, 1.54) is 0 Å². The fourth-order valence-electron chi connectivity index (χ4n) is 4.32. The number of fused-ring (bicyclic) bond motifs is 2. The van der Waals surface area contributed by atoms with E-state index in [2.05, 4.69) is 21.8 Å². The smallest absolute Gasteiger partial charge is 0.327 e. The van der Waals surface area contributed by atoms with Crippen molar-refractivity contribution < 1.29 is 9.53 Å². The van der Waals surface area contributed by atoms with E-state index in [1.54, 1.807) is 19.1 Å². The van der Waals surface area contributed by atoms with Crippen molar-refractivity contribution in [3.05, 3.63) is 47.7 Å². The Bertz CT molecular complexity index is 861. The van der Waals surface area contributed by atoms with Crippen LogP contribution < -0.4 is 11.1 Å². The molecule has 0 spiro atoms. The zero-order valence-electron chi connectivity index (χ0n) is 18.3. The minimum absolute atomic E-state index is 0.108. The van der Waals surface area contributed by atoms with Crippen LogP contribution in [0.2, 0.25) is 0 Å². The number of methoxy groups -OCH3 is 1. The molecule has 30 heavy (non-hydrogen) atoms. The van der Waals surface area contributed by atoms with E-state index in [0.717, 1.165) is 67.0 Å². The van der Waals surface area contributed by atoms with Crippen LogP contribution >= 0.6 is 0 Å². The molecule has 1 aromatic rings. The normalized spacial score (nSPS) is 20.5. The number of amidine groups is 1. The summed E-state index contributed by atoms with van der Waals surface area (Å²) in [6, 6.07) is 5.87. The van der Waals surface area contributed by atoms with Gasteiger partial charge in [-0.1, -0.05) is 12.6 Å². The Morgan fingerprint density at radius 1 is 1.47 bits per heavy atom. The Kier molecular flexibility index (Phi) is 7.15. The Balaban J connectivity index is 1.86. The largest absolute Gasteiger partial charge is 0.496 e. The van der Waals surface area contributed by atoms with E-state index < -0.39 is 0 Å². The number of ether oxygens (including phenoxy) is 1. The summed E-state index contributed by atoms with van der Waals surface area (Å²) in [5.41, 5.74) is 9.36. The number of carbonyl (C=O) groups is 1. The number of carbonyl (C=O) groups excluding carboxylic acids is 1. The maximum atomic E-state index is 13.3. The lowest BCUT2D eigenvalue weighted by Crippen LogP contribution is -2.60. The minimum Gasteiger partial charge on any atom is -0.496 e. The van der Waals surface area contributed by atoms with Crippen molar-refractivity contribution in [2.24, 2.45) is 10.7 Å². The number of rotatable bonds is 6. The molecule has 7 nitrogen and oxygen atoms in total. The van der Waals surface area contributed by atoms with E-state index in [-0.39, 0.29) is 12.1 Å². The molecule has 0 aromatic heterocycles. The number of nitrogens with zero attached hydrogens (tertiary/aromatic N) is 3. The standard InChI is InChI=1S/C23H33N5O2/c1-5-21(30-4)20-14-18(11-10-17(20)8-6-12-24)26-23(29)28-19-9-7-13-27(15-19)16(2)22(28)25-3/h5,10-11,14,19H,2,6-9,12-13,15,24H2,1,3-4H3,(H,26,29). The number of nitrogens with one attached hydrogen (secondary N) is 1. The summed E-state index contributed by atoms with van der Waals surface area (Å²) >= 11 is 0. The third kappa shape index (κ3) is 4.36. The molecule has 162 valence electrons. The zero-order valence-corrected chi connectivity index (χ0v) is 18.3. The third-order valence-corrected chi connectivity index (χ3v) is 5.82. The van der Waals surface area contributed by atoms with Crippen LogP contribution in [0.5, 0.6) is 0 Å². The molecule has 1 atom stereocenters. The van der Waals surface area contributed by atoms with Crippen molar-refractivity contribution in [1.29, 1.82) is 0 Å². The number of amides is 2. The van der Waals surface area contributed by atoms with Gasteiger partial charge in [-0.25, -0.2) is 4.79 Å². The lowest BCUT2D eigenvalue weighted by molar-refractivity contribution is 0.157. The first-order valence-corrected chi connectivity index (χ1v) is 10.6. The second-order valence-corrected chi connectivity index (χ2v) is 7.66. The van der Waals surface area contributed by atoms with Crippen molar-refractivity contribution in [2.45, 2.75) is 38.6 Å². The molecule has 2 aliphatic rings. The lowest BCUT2D eigenvalue weighted by Gasteiger charge is -2.47. The molecule has 1 unspecified atom stereocenters. The van der Waals surface area contributed by atoms with Gasteiger partial charge in [0.15, 0.2) is 5.84 Å². The number of nitrogens with two attached hydrogens (primary N) is 1. The Morgan fingerprint density at radius 2 is 2.27 bits per heavy atom. The maximum absolute atomic E-state index is 13.3. The van der Waals surface area contributed by atoms with Gasteiger partial charge in [0.05, 0.1) is 18.8 Å². The number of hydrogen-bond acceptors (Lipinski definition) is 5. The molecule has 7 heteroatoms. The summed E-state index contributed by atoms with van der Waals surface area (Å²) < 4.78 is 5.56. The molecule has 2 aliphatic heterocycles. The summed E-state index contributed by atoms with van der Waals surface area (Å²) in [4.78, 5) is 21.6. The monoisotopic (exact) mass is 411 g/mol. The first-order chi connectivity index (χ1) is 14.5. The zero-order chi connectivity index (χ0) is 21.7. The fourth-order valence-corrected chi connectivity index (χ4v) is 4.32. The van der Waals surface area contributed by atoms with E-state index in [1.807, 2.05) is 31.2 Å². The van der Waals surface area contributed by atoms with Gasteiger partial charge in [-0.3, -0.25) is 9.89 Å². The molecule has 1 aromatic carbocycles. The summed E-state index contributed by atoms with van der Waals surface area (Å²) in [5, 5.41) is 3.07. The topological polar surface area (TPSA) is 83.2 Å². The van der Waals surface area contributed by atoms with Crippen LogP contribution in [0.4, 0.5) is 10.5 Å². The molecule has 2 amide bonds. The molecule has 2 saturated heterocycles. The van der Waals surface area contributed by atoms with Gasteiger partial charge >= 0.3 is 6.03 Å². The molecular weight excluding hydrogens is 378 g/mol. The summed E-state index contributed by atoms with van der Waals surface area (Å²) in [6.07, 6.45) is 5.69. The molecule has 3 rings (SSSR count). The average molecular weight is 412 g/mol. The highest BCUT2D eigenvalue weighted by Crippen LogP contribution is 2.29. The first-order valence-electron chi connectivity index (χ1n) is 10.6. The highest BCUT2D eigenvalue weighted by atomic mass is 16.5. The SMILES string of the molecule is C=C1C(=NC)N(C(=O)Nc2ccc(CCCN)c(C(=CC)OC)c2)C2CCCN1C2. The average Bonchev–Trinajstić information content (AvgIpc) is 2.76.